The number of carboxylic acids is 1. The summed E-state index contributed by atoms with van der Waals surface area (Å²) in [6.45, 7) is 0. The van der Waals surface area contributed by atoms with Crippen molar-refractivity contribution >= 4 is 21.9 Å². The number of hydrogen-bond donors (Lipinski definition) is 1. The molecule has 1 aromatic rings. The van der Waals surface area contributed by atoms with Crippen LogP contribution in [0.15, 0.2) is 22.7 Å². The molecule has 1 aromatic carbocycles. The van der Waals surface area contributed by atoms with Crippen LogP contribution in [0.3, 0.4) is 0 Å². The Bertz CT molecular complexity index is 423. The number of ether oxygens (including phenoxy) is 1. The van der Waals surface area contributed by atoms with Crippen LogP contribution < -0.4 is 4.74 Å². The van der Waals surface area contributed by atoms with Gasteiger partial charge >= 0.3 is 5.97 Å². The van der Waals surface area contributed by atoms with Gasteiger partial charge in [0.15, 0.2) is 0 Å². The first kappa shape index (κ1) is 13.4. The molecule has 0 aliphatic heterocycles. The van der Waals surface area contributed by atoms with Crippen LogP contribution in [0.5, 0.6) is 5.75 Å². The Kier molecular flexibility index (Phi) is 4.64. The van der Waals surface area contributed by atoms with Gasteiger partial charge in [0.25, 0.3) is 0 Å². The van der Waals surface area contributed by atoms with Gasteiger partial charge in [-0.05, 0) is 59.8 Å². The highest BCUT2D eigenvalue weighted by molar-refractivity contribution is 9.10. The molecule has 0 spiro atoms. The molecular weight excluding hydrogens is 296 g/mol. The molecule has 1 N–H and O–H groups in total. The Morgan fingerprint density at radius 1 is 1.22 bits per heavy atom. The maximum atomic E-state index is 10.9. The number of halogens is 1. The largest absolute Gasteiger partial charge is 0.489 e. The second-order valence-corrected chi connectivity index (χ2v) is 5.54. The van der Waals surface area contributed by atoms with Gasteiger partial charge in [-0.3, -0.25) is 0 Å². The Labute approximate surface area is 115 Å². The molecule has 0 unspecified atom stereocenters. The van der Waals surface area contributed by atoms with Gasteiger partial charge in [0.1, 0.15) is 5.75 Å². The van der Waals surface area contributed by atoms with Gasteiger partial charge in [0.2, 0.25) is 0 Å². The minimum absolute atomic E-state index is 0.216. The highest BCUT2D eigenvalue weighted by Gasteiger charge is 2.16. The van der Waals surface area contributed by atoms with Gasteiger partial charge in [-0.1, -0.05) is 12.8 Å². The van der Waals surface area contributed by atoms with Crippen LogP contribution in [0.2, 0.25) is 0 Å². The molecule has 1 aliphatic rings. The fourth-order valence-corrected chi connectivity index (χ4v) is 2.61. The van der Waals surface area contributed by atoms with Crippen LogP contribution in [0.25, 0.3) is 0 Å². The molecule has 0 saturated heterocycles. The minimum atomic E-state index is -0.923. The van der Waals surface area contributed by atoms with Gasteiger partial charge in [-0.2, -0.15) is 0 Å². The molecule has 0 bridgehead atoms. The number of carboxylic acid groups (broad SMARTS) is 1. The third-order valence-corrected chi connectivity index (χ3v) is 3.93. The van der Waals surface area contributed by atoms with Gasteiger partial charge < -0.3 is 9.84 Å². The van der Waals surface area contributed by atoms with Crippen LogP contribution in [0.4, 0.5) is 0 Å². The Morgan fingerprint density at radius 3 is 2.50 bits per heavy atom. The number of aromatic carboxylic acids is 1. The van der Waals surface area contributed by atoms with Gasteiger partial charge in [-0.15, -0.1) is 0 Å². The highest BCUT2D eigenvalue weighted by Crippen LogP contribution is 2.30. The monoisotopic (exact) mass is 312 g/mol. The quantitative estimate of drug-likeness (QED) is 0.849. The van der Waals surface area contributed by atoms with Crippen molar-refractivity contribution in [1.82, 2.24) is 0 Å². The van der Waals surface area contributed by atoms with E-state index in [2.05, 4.69) is 15.9 Å². The third-order valence-electron chi connectivity index (χ3n) is 3.27. The standard InChI is InChI=1S/C14H17BrO3/c15-12-8-7-10(14(16)17)9-13(12)18-11-5-3-1-2-4-6-11/h7-9,11H,1-6H2,(H,16,17). The lowest BCUT2D eigenvalue weighted by Crippen LogP contribution is -2.15. The summed E-state index contributed by atoms with van der Waals surface area (Å²) in [5, 5.41) is 8.98. The molecule has 1 saturated carbocycles. The minimum Gasteiger partial charge on any atom is -0.489 e. The molecule has 1 aliphatic carbocycles. The molecule has 2 rings (SSSR count). The van der Waals surface area contributed by atoms with Crippen molar-refractivity contribution in [3.8, 4) is 5.75 Å². The third kappa shape index (κ3) is 3.48. The number of carbonyl (C=O) groups is 1. The number of hydrogen-bond acceptors (Lipinski definition) is 2. The Morgan fingerprint density at radius 2 is 1.89 bits per heavy atom. The summed E-state index contributed by atoms with van der Waals surface area (Å²) < 4.78 is 6.76. The lowest BCUT2D eigenvalue weighted by Gasteiger charge is -2.18. The average Bonchev–Trinajstić information content (AvgIpc) is 2.60. The fraction of sp³-hybridized carbons (Fsp3) is 0.500. The SMILES string of the molecule is O=C(O)c1ccc(Br)c(OC2CCCCCC2)c1. The van der Waals surface area contributed by atoms with E-state index in [1.54, 1.807) is 18.2 Å². The maximum absolute atomic E-state index is 10.9. The van der Waals surface area contributed by atoms with Crippen molar-refractivity contribution in [2.45, 2.75) is 44.6 Å². The summed E-state index contributed by atoms with van der Waals surface area (Å²) in [5.41, 5.74) is 0.266. The number of benzene rings is 1. The fourth-order valence-electron chi connectivity index (χ4n) is 2.27. The van der Waals surface area contributed by atoms with Gasteiger partial charge in [-0.25, -0.2) is 4.79 Å². The van der Waals surface area contributed by atoms with E-state index in [1.165, 1.54) is 25.7 Å². The molecule has 3 nitrogen and oxygen atoms in total. The van der Waals surface area contributed by atoms with Crippen molar-refractivity contribution < 1.29 is 14.6 Å². The summed E-state index contributed by atoms with van der Waals surface area (Å²) in [6.07, 6.45) is 7.27. The second-order valence-electron chi connectivity index (χ2n) is 4.68. The Hall–Kier alpha value is -1.03. The molecule has 4 heteroatoms. The van der Waals surface area contributed by atoms with E-state index < -0.39 is 5.97 Å². The van der Waals surface area contributed by atoms with E-state index in [9.17, 15) is 4.79 Å². The maximum Gasteiger partial charge on any atom is 0.335 e. The summed E-state index contributed by atoms with van der Waals surface area (Å²) in [7, 11) is 0. The van der Waals surface area contributed by atoms with Crippen LogP contribution in [-0.2, 0) is 0 Å². The van der Waals surface area contributed by atoms with Gasteiger partial charge in [0.05, 0.1) is 16.1 Å². The summed E-state index contributed by atoms with van der Waals surface area (Å²) >= 11 is 3.41. The Balaban J connectivity index is 2.11. The summed E-state index contributed by atoms with van der Waals surface area (Å²) in [5.74, 6) is -0.282. The first-order chi connectivity index (χ1) is 8.66. The van der Waals surface area contributed by atoms with Crippen molar-refractivity contribution in [2.24, 2.45) is 0 Å². The molecule has 0 heterocycles. The average molecular weight is 313 g/mol. The molecular formula is C14H17BrO3. The first-order valence-electron chi connectivity index (χ1n) is 6.36. The van der Waals surface area contributed by atoms with Gasteiger partial charge in [0, 0.05) is 0 Å². The molecule has 0 radical (unpaired) electrons. The smallest absolute Gasteiger partial charge is 0.335 e. The van der Waals surface area contributed by atoms with E-state index in [4.69, 9.17) is 9.84 Å². The van der Waals surface area contributed by atoms with E-state index in [0.717, 1.165) is 17.3 Å². The molecule has 1 fully saturated rings. The summed E-state index contributed by atoms with van der Waals surface area (Å²) in [6, 6.07) is 4.90. The topological polar surface area (TPSA) is 46.5 Å². The zero-order chi connectivity index (χ0) is 13.0. The van der Waals surface area contributed by atoms with Crippen LogP contribution in [0, 0.1) is 0 Å². The van der Waals surface area contributed by atoms with Crippen molar-refractivity contribution in [1.29, 1.82) is 0 Å². The normalized spacial score (nSPS) is 17.2. The molecule has 18 heavy (non-hydrogen) atoms. The highest BCUT2D eigenvalue weighted by atomic mass is 79.9. The van der Waals surface area contributed by atoms with Crippen LogP contribution in [-0.4, -0.2) is 17.2 Å². The van der Waals surface area contributed by atoms with Crippen molar-refractivity contribution in [3.05, 3.63) is 28.2 Å². The lowest BCUT2D eigenvalue weighted by atomic mass is 10.1. The first-order valence-corrected chi connectivity index (χ1v) is 7.15. The molecule has 98 valence electrons. The second kappa shape index (κ2) is 6.23. The lowest BCUT2D eigenvalue weighted by molar-refractivity contribution is 0.0695. The predicted molar refractivity (Wildman–Crippen MR) is 73.2 cm³/mol. The summed E-state index contributed by atoms with van der Waals surface area (Å²) in [4.78, 5) is 10.9. The van der Waals surface area contributed by atoms with E-state index >= 15 is 0 Å². The zero-order valence-corrected chi connectivity index (χ0v) is 11.8. The van der Waals surface area contributed by atoms with E-state index in [1.807, 2.05) is 0 Å². The molecule has 0 atom stereocenters. The number of rotatable bonds is 3. The van der Waals surface area contributed by atoms with Crippen LogP contribution in [0.1, 0.15) is 48.9 Å². The molecule has 0 aromatic heterocycles. The van der Waals surface area contributed by atoms with Crippen molar-refractivity contribution in [2.75, 3.05) is 0 Å². The predicted octanol–water partition coefficient (Wildman–Crippen LogP) is 4.25. The van der Waals surface area contributed by atoms with E-state index in [-0.39, 0.29) is 11.7 Å². The van der Waals surface area contributed by atoms with Crippen molar-refractivity contribution in [3.63, 3.8) is 0 Å². The van der Waals surface area contributed by atoms with Crippen LogP contribution >= 0.6 is 15.9 Å². The van der Waals surface area contributed by atoms with E-state index in [0.29, 0.717) is 5.75 Å². The zero-order valence-electron chi connectivity index (χ0n) is 10.2. The molecule has 0 amide bonds.